The van der Waals surface area contributed by atoms with Crippen molar-refractivity contribution in [2.24, 2.45) is 0 Å². The molecule has 0 spiro atoms. The van der Waals surface area contributed by atoms with Crippen LogP contribution in [-0.4, -0.2) is 38.6 Å². The van der Waals surface area contributed by atoms with Crippen molar-refractivity contribution in [3.63, 3.8) is 0 Å². The van der Waals surface area contributed by atoms with Crippen LogP contribution in [0.3, 0.4) is 0 Å². The van der Waals surface area contributed by atoms with E-state index in [9.17, 15) is 9.59 Å². The lowest BCUT2D eigenvalue weighted by atomic mass is 10.2. The fourth-order valence-corrected chi connectivity index (χ4v) is 2.44. The van der Waals surface area contributed by atoms with Crippen LogP contribution in [0.25, 0.3) is 0 Å². The summed E-state index contributed by atoms with van der Waals surface area (Å²) in [5, 5.41) is 3.23. The maximum Gasteiger partial charge on any atom is 0.240 e. The standard InChI is InChI=1S/C19H21ClN2O4/c1-14(23)22(16-5-3-4-15(20)12-16)13-19(24)21-10-11-26-18-8-6-17(25-2)7-9-18/h3-9,12H,10-11,13H2,1-2H3,(H,21,24). The van der Waals surface area contributed by atoms with E-state index in [1.54, 1.807) is 55.6 Å². The normalized spacial score (nSPS) is 10.1. The highest BCUT2D eigenvalue weighted by Gasteiger charge is 2.15. The fraction of sp³-hybridized carbons (Fsp3) is 0.263. The van der Waals surface area contributed by atoms with Gasteiger partial charge in [0.15, 0.2) is 0 Å². The van der Waals surface area contributed by atoms with Crippen molar-refractivity contribution in [3.05, 3.63) is 53.6 Å². The second-order valence-electron chi connectivity index (χ2n) is 5.46. The number of amides is 2. The molecule has 0 aromatic heterocycles. The molecule has 0 aliphatic heterocycles. The summed E-state index contributed by atoms with van der Waals surface area (Å²) < 4.78 is 10.6. The highest BCUT2D eigenvalue weighted by molar-refractivity contribution is 6.30. The van der Waals surface area contributed by atoms with Crippen molar-refractivity contribution in [2.45, 2.75) is 6.92 Å². The zero-order chi connectivity index (χ0) is 18.9. The van der Waals surface area contributed by atoms with Gasteiger partial charge in [0.25, 0.3) is 0 Å². The highest BCUT2D eigenvalue weighted by atomic mass is 35.5. The van der Waals surface area contributed by atoms with Gasteiger partial charge in [0, 0.05) is 17.6 Å². The van der Waals surface area contributed by atoms with Gasteiger partial charge in [-0.1, -0.05) is 17.7 Å². The molecule has 0 atom stereocenters. The first kappa shape index (κ1) is 19.6. The molecule has 2 aromatic carbocycles. The van der Waals surface area contributed by atoms with Crippen LogP contribution in [0, 0.1) is 0 Å². The Labute approximate surface area is 157 Å². The summed E-state index contributed by atoms with van der Waals surface area (Å²) in [7, 11) is 1.60. The Hall–Kier alpha value is -2.73. The van der Waals surface area contributed by atoms with Crippen LogP contribution in [0.4, 0.5) is 5.69 Å². The Morgan fingerprint density at radius 1 is 1.12 bits per heavy atom. The lowest BCUT2D eigenvalue weighted by molar-refractivity contribution is -0.123. The second-order valence-corrected chi connectivity index (χ2v) is 5.90. The number of halogens is 1. The maximum absolute atomic E-state index is 12.1. The summed E-state index contributed by atoms with van der Waals surface area (Å²) in [6, 6.07) is 14.0. The minimum absolute atomic E-state index is 0.0851. The average molecular weight is 377 g/mol. The van der Waals surface area contributed by atoms with E-state index in [4.69, 9.17) is 21.1 Å². The maximum atomic E-state index is 12.1. The van der Waals surface area contributed by atoms with Gasteiger partial charge in [-0.15, -0.1) is 0 Å². The molecule has 0 unspecified atom stereocenters. The number of benzene rings is 2. The third-order valence-electron chi connectivity index (χ3n) is 3.55. The Balaban J connectivity index is 1.80. The van der Waals surface area contributed by atoms with Gasteiger partial charge in [0.1, 0.15) is 24.7 Å². The number of hydrogen-bond donors (Lipinski definition) is 1. The van der Waals surface area contributed by atoms with Gasteiger partial charge < -0.3 is 19.7 Å². The summed E-state index contributed by atoms with van der Waals surface area (Å²) in [5.74, 6) is 0.913. The number of carbonyl (C=O) groups is 2. The monoisotopic (exact) mass is 376 g/mol. The van der Waals surface area contributed by atoms with Crippen LogP contribution in [-0.2, 0) is 9.59 Å². The second kappa shape index (κ2) is 9.68. The molecule has 0 heterocycles. The largest absolute Gasteiger partial charge is 0.497 e. The number of nitrogens with one attached hydrogen (secondary N) is 1. The van der Waals surface area contributed by atoms with Crippen LogP contribution in [0.2, 0.25) is 5.02 Å². The first-order chi connectivity index (χ1) is 12.5. The van der Waals surface area contributed by atoms with Gasteiger partial charge >= 0.3 is 0 Å². The van der Waals surface area contributed by atoms with Gasteiger partial charge in [-0.3, -0.25) is 9.59 Å². The molecular formula is C19H21ClN2O4. The summed E-state index contributed by atoms with van der Waals surface area (Å²) >= 11 is 5.95. The molecule has 6 nitrogen and oxygen atoms in total. The molecule has 0 bridgehead atoms. The molecular weight excluding hydrogens is 356 g/mol. The van der Waals surface area contributed by atoms with Crippen LogP contribution in [0.1, 0.15) is 6.92 Å². The van der Waals surface area contributed by atoms with Crippen molar-refractivity contribution in [3.8, 4) is 11.5 Å². The number of anilines is 1. The molecule has 7 heteroatoms. The number of nitrogens with zero attached hydrogens (tertiary/aromatic N) is 1. The predicted molar refractivity (Wildman–Crippen MR) is 101 cm³/mol. The van der Waals surface area contributed by atoms with Crippen LogP contribution >= 0.6 is 11.6 Å². The van der Waals surface area contributed by atoms with E-state index in [1.807, 2.05) is 0 Å². The minimum atomic E-state index is -0.279. The van der Waals surface area contributed by atoms with Crippen LogP contribution in [0.15, 0.2) is 48.5 Å². The quantitative estimate of drug-likeness (QED) is 0.719. The zero-order valence-corrected chi connectivity index (χ0v) is 15.5. The lowest BCUT2D eigenvalue weighted by Crippen LogP contribution is -2.41. The predicted octanol–water partition coefficient (Wildman–Crippen LogP) is 2.90. The Morgan fingerprint density at radius 3 is 2.42 bits per heavy atom. The molecule has 0 fully saturated rings. The first-order valence-electron chi connectivity index (χ1n) is 8.07. The number of ether oxygens (including phenoxy) is 2. The minimum Gasteiger partial charge on any atom is -0.497 e. The molecule has 138 valence electrons. The Morgan fingerprint density at radius 2 is 1.81 bits per heavy atom. The number of rotatable bonds is 8. The van der Waals surface area contributed by atoms with Gasteiger partial charge in [0.2, 0.25) is 11.8 Å². The van der Waals surface area contributed by atoms with E-state index in [0.29, 0.717) is 29.6 Å². The number of methoxy groups -OCH3 is 1. The lowest BCUT2D eigenvalue weighted by Gasteiger charge is -2.21. The molecule has 2 rings (SSSR count). The van der Waals surface area contributed by atoms with Crippen molar-refractivity contribution in [2.75, 3.05) is 31.7 Å². The molecule has 0 saturated heterocycles. The molecule has 0 aliphatic carbocycles. The third-order valence-corrected chi connectivity index (χ3v) is 3.79. The van der Waals surface area contributed by atoms with Crippen LogP contribution in [0.5, 0.6) is 11.5 Å². The van der Waals surface area contributed by atoms with E-state index < -0.39 is 0 Å². The average Bonchev–Trinajstić information content (AvgIpc) is 2.63. The third kappa shape index (κ3) is 5.97. The van der Waals surface area contributed by atoms with Gasteiger partial charge in [-0.25, -0.2) is 0 Å². The Bertz CT molecular complexity index is 749. The first-order valence-corrected chi connectivity index (χ1v) is 8.44. The Kier molecular flexibility index (Phi) is 7.29. The fourth-order valence-electron chi connectivity index (χ4n) is 2.26. The van der Waals surface area contributed by atoms with E-state index >= 15 is 0 Å². The SMILES string of the molecule is COc1ccc(OCCNC(=O)CN(C(C)=O)c2cccc(Cl)c2)cc1. The molecule has 0 aliphatic rings. The van der Waals surface area contributed by atoms with E-state index in [-0.39, 0.29) is 18.4 Å². The van der Waals surface area contributed by atoms with Crippen molar-refractivity contribution in [1.29, 1.82) is 0 Å². The molecule has 2 aromatic rings. The number of carbonyl (C=O) groups excluding carboxylic acids is 2. The summed E-state index contributed by atoms with van der Waals surface area (Å²) in [6.45, 7) is 1.96. The molecule has 1 N–H and O–H groups in total. The van der Waals surface area contributed by atoms with Crippen molar-refractivity contribution in [1.82, 2.24) is 5.32 Å². The van der Waals surface area contributed by atoms with Crippen molar-refractivity contribution < 1.29 is 19.1 Å². The molecule has 0 saturated carbocycles. The van der Waals surface area contributed by atoms with E-state index in [1.165, 1.54) is 11.8 Å². The summed E-state index contributed by atoms with van der Waals surface area (Å²) in [4.78, 5) is 25.3. The highest BCUT2D eigenvalue weighted by Crippen LogP contribution is 2.19. The van der Waals surface area contributed by atoms with Gasteiger partial charge in [0.05, 0.1) is 13.7 Å². The van der Waals surface area contributed by atoms with Crippen molar-refractivity contribution >= 4 is 29.1 Å². The molecule has 26 heavy (non-hydrogen) atoms. The van der Waals surface area contributed by atoms with Crippen LogP contribution < -0.4 is 19.7 Å². The smallest absolute Gasteiger partial charge is 0.240 e. The topological polar surface area (TPSA) is 67.9 Å². The zero-order valence-electron chi connectivity index (χ0n) is 14.7. The molecule has 0 radical (unpaired) electrons. The van der Waals surface area contributed by atoms with E-state index in [2.05, 4.69) is 5.32 Å². The summed E-state index contributed by atoms with van der Waals surface area (Å²) in [5.41, 5.74) is 0.578. The van der Waals surface area contributed by atoms with E-state index in [0.717, 1.165) is 5.75 Å². The summed E-state index contributed by atoms with van der Waals surface area (Å²) in [6.07, 6.45) is 0. The van der Waals surface area contributed by atoms with Gasteiger partial charge in [-0.05, 0) is 42.5 Å². The van der Waals surface area contributed by atoms with Gasteiger partial charge in [-0.2, -0.15) is 0 Å². The number of hydrogen-bond acceptors (Lipinski definition) is 4. The molecule has 2 amide bonds.